The molecule has 4 rings (SSSR count). The van der Waals surface area contributed by atoms with E-state index in [9.17, 15) is 13.2 Å². The zero-order valence-electron chi connectivity index (χ0n) is 17.3. The molecule has 6 nitrogen and oxygen atoms in total. The molecule has 1 amide bonds. The van der Waals surface area contributed by atoms with Crippen LogP contribution < -0.4 is 9.62 Å². The minimum Gasteiger partial charge on any atom is -0.298 e. The first-order valence-corrected chi connectivity index (χ1v) is 12.3. The van der Waals surface area contributed by atoms with E-state index in [0.717, 1.165) is 11.3 Å². The second kappa shape index (κ2) is 9.33. The van der Waals surface area contributed by atoms with Gasteiger partial charge in [0.1, 0.15) is 0 Å². The van der Waals surface area contributed by atoms with Crippen LogP contribution in [0.15, 0.2) is 95.2 Å². The number of nitrogens with one attached hydrogen (secondary N) is 1. The van der Waals surface area contributed by atoms with Crippen LogP contribution in [0.5, 0.6) is 0 Å². The number of sulfonamides is 1. The highest BCUT2D eigenvalue weighted by molar-refractivity contribution is 7.92. The molecule has 32 heavy (non-hydrogen) atoms. The van der Waals surface area contributed by atoms with Crippen molar-refractivity contribution in [1.82, 2.24) is 4.98 Å². The molecule has 4 aromatic rings. The molecule has 162 valence electrons. The van der Waals surface area contributed by atoms with Gasteiger partial charge in [0, 0.05) is 23.1 Å². The van der Waals surface area contributed by atoms with Gasteiger partial charge in [-0.25, -0.2) is 13.4 Å². The number of aromatic nitrogens is 1. The van der Waals surface area contributed by atoms with Gasteiger partial charge in [-0.1, -0.05) is 48.5 Å². The lowest BCUT2D eigenvalue weighted by Crippen LogP contribution is -2.30. The number of thiazole rings is 1. The molecule has 0 saturated heterocycles. The smallest absolute Gasteiger partial charge is 0.264 e. The predicted octanol–water partition coefficient (Wildman–Crippen LogP) is 5.28. The number of hydrogen-bond acceptors (Lipinski definition) is 5. The van der Waals surface area contributed by atoms with Gasteiger partial charge >= 0.3 is 0 Å². The van der Waals surface area contributed by atoms with Crippen LogP contribution in [0.25, 0.3) is 11.3 Å². The highest BCUT2D eigenvalue weighted by Crippen LogP contribution is 2.26. The Hall–Kier alpha value is -3.49. The van der Waals surface area contributed by atoms with Crippen LogP contribution in [0.1, 0.15) is 17.3 Å². The minimum atomic E-state index is -3.74. The number of para-hydroxylation sites is 1. The molecule has 1 aromatic heterocycles. The van der Waals surface area contributed by atoms with Crippen molar-refractivity contribution in [2.45, 2.75) is 11.8 Å². The van der Waals surface area contributed by atoms with Crippen molar-refractivity contribution in [3.8, 4) is 11.3 Å². The summed E-state index contributed by atoms with van der Waals surface area (Å²) in [6.45, 7) is 2.08. The number of nitrogens with zero attached hydrogens (tertiary/aromatic N) is 2. The standard InChI is InChI=1S/C24H21N3O3S2/c1-2-27(20-11-7-4-8-12-20)32(29,30)21-15-13-19(14-16-21)23(28)26-24-25-22(17-31-24)18-9-5-3-6-10-18/h3-17H,2H2,1H3,(H,25,26,28). The lowest BCUT2D eigenvalue weighted by molar-refractivity contribution is 0.102. The van der Waals surface area contributed by atoms with Gasteiger partial charge in [-0.3, -0.25) is 14.4 Å². The predicted molar refractivity (Wildman–Crippen MR) is 129 cm³/mol. The van der Waals surface area contributed by atoms with Gasteiger partial charge in [0.25, 0.3) is 15.9 Å². The Morgan fingerprint density at radius 3 is 2.19 bits per heavy atom. The third-order valence-corrected chi connectivity index (χ3v) is 7.50. The normalized spacial score (nSPS) is 11.2. The van der Waals surface area contributed by atoms with Crippen LogP contribution in [0.4, 0.5) is 10.8 Å². The molecule has 3 aromatic carbocycles. The number of carbonyl (C=O) groups excluding carboxylic acids is 1. The van der Waals surface area contributed by atoms with E-state index >= 15 is 0 Å². The summed E-state index contributed by atoms with van der Waals surface area (Å²) in [5, 5.41) is 5.13. The molecule has 0 radical (unpaired) electrons. The molecule has 0 unspecified atom stereocenters. The van der Waals surface area contributed by atoms with E-state index in [1.165, 1.54) is 39.9 Å². The fourth-order valence-electron chi connectivity index (χ4n) is 3.23. The number of hydrogen-bond donors (Lipinski definition) is 1. The molecule has 0 aliphatic carbocycles. The fraction of sp³-hybridized carbons (Fsp3) is 0.0833. The van der Waals surface area contributed by atoms with Crippen LogP contribution in [0.3, 0.4) is 0 Å². The maximum absolute atomic E-state index is 13.1. The Balaban J connectivity index is 1.50. The van der Waals surface area contributed by atoms with Crippen molar-refractivity contribution in [2.24, 2.45) is 0 Å². The zero-order valence-corrected chi connectivity index (χ0v) is 18.9. The van der Waals surface area contributed by atoms with E-state index in [2.05, 4.69) is 10.3 Å². The lowest BCUT2D eigenvalue weighted by Gasteiger charge is -2.22. The average molecular weight is 464 g/mol. The number of amides is 1. The first-order chi connectivity index (χ1) is 15.5. The van der Waals surface area contributed by atoms with Gasteiger partial charge in [-0.2, -0.15) is 0 Å². The number of rotatable bonds is 7. The second-order valence-corrected chi connectivity index (χ2v) is 9.61. The summed E-state index contributed by atoms with van der Waals surface area (Å²) in [7, 11) is -3.74. The van der Waals surface area contributed by atoms with E-state index in [0.29, 0.717) is 22.9 Å². The van der Waals surface area contributed by atoms with E-state index < -0.39 is 10.0 Å². The summed E-state index contributed by atoms with van der Waals surface area (Å²) in [5.74, 6) is -0.349. The van der Waals surface area contributed by atoms with Crippen LogP contribution in [0.2, 0.25) is 0 Å². The fourth-order valence-corrected chi connectivity index (χ4v) is 5.42. The zero-order chi connectivity index (χ0) is 22.6. The van der Waals surface area contributed by atoms with Crippen molar-refractivity contribution in [3.05, 3.63) is 95.9 Å². The van der Waals surface area contributed by atoms with Crippen LogP contribution >= 0.6 is 11.3 Å². The SMILES string of the molecule is CCN(c1ccccc1)S(=O)(=O)c1ccc(C(=O)Nc2nc(-c3ccccc3)cs2)cc1. The summed E-state index contributed by atoms with van der Waals surface area (Å²) >= 11 is 1.33. The minimum absolute atomic E-state index is 0.125. The Kier molecular flexibility index (Phi) is 6.34. The summed E-state index contributed by atoms with van der Waals surface area (Å²) < 4.78 is 27.5. The van der Waals surface area contributed by atoms with Crippen LogP contribution in [0, 0.1) is 0 Å². The number of benzene rings is 3. The van der Waals surface area contributed by atoms with Gasteiger partial charge in [0.05, 0.1) is 16.3 Å². The summed E-state index contributed by atoms with van der Waals surface area (Å²) in [6, 6.07) is 24.5. The molecular formula is C24H21N3O3S2. The van der Waals surface area contributed by atoms with Gasteiger partial charge < -0.3 is 0 Å². The molecule has 0 spiro atoms. The van der Waals surface area contributed by atoms with Gasteiger partial charge in [0.15, 0.2) is 5.13 Å². The highest BCUT2D eigenvalue weighted by atomic mass is 32.2. The summed E-state index contributed by atoms with van der Waals surface area (Å²) in [5.41, 5.74) is 2.70. The van der Waals surface area contributed by atoms with Crippen molar-refractivity contribution < 1.29 is 13.2 Å². The quantitative estimate of drug-likeness (QED) is 0.405. The van der Waals surface area contributed by atoms with Gasteiger partial charge in [-0.05, 0) is 43.3 Å². The molecule has 0 bridgehead atoms. The molecule has 1 N–H and O–H groups in total. The van der Waals surface area contributed by atoms with E-state index in [1.807, 2.05) is 41.8 Å². The second-order valence-electron chi connectivity index (χ2n) is 6.89. The van der Waals surface area contributed by atoms with Crippen molar-refractivity contribution in [1.29, 1.82) is 0 Å². The van der Waals surface area contributed by atoms with Gasteiger partial charge in [-0.15, -0.1) is 11.3 Å². The maximum Gasteiger partial charge on any atom is 0.264 e. The van der Waals surface area contributed by atoms with Gasteiger partial charge in [0.2, 0.25) is 0 Å². The first kappa shape index (κ1) is 21.7. The Bertz CT molecular complexity index is 1300. The van der Waals surface area contributed by atoms with Crippen LogP contribution in [-0.2, 0) is 10.0 Å². The molecule has 1 heterocycles. The van der Waals surface area contributed by atoms with Crippen molar-refractivity contribution in [3.63, 3.8) is 0 Å². The summed E-state index contributed by atoms with van der Waals surface area (Å²) in [6.07, 6.45) is 0. The molecule has 0 fully saturated rings. The molecule has 8 heteroatoms. The summed E-state index contributed by atoms with van der Waals surface area (Å²) in [4.78, 5) is 17.2. The third kappa shape index (κ3) is 4.56. The Labute approximate surface area is 191 Å². The topological polar surface area (TPSA) is 79.4 Å². The number of carbonyl (C=O) groups is 1. The largest absolute Gasteiger partial charge is 0.298 e. The lowest BCUT2D eigenvalue weighted by atomic mass is 10.2. The van der Waals surface area contributed by atoms with Crippen molar-refractivity contribution >= 4 is 38.1 Å². The van der Waals surface area contributed by atoms with Crippen molar-refractivity contribution in [2.75, 3.05) is 16.2 Å². The van der Waals surface area contributed by atoms with E-state index in [-0.39, 0.29) is 10.8 Å². The molecule has 0 aliphatic rings. The first-order valence-electron chi connectivity index (χ1n) is 9.99. The monoisotopic (exact) mass is 463 g/mol. The molecule has 0 atom stereocenters. The van der Waals surface area contributed by atoms with E-state index in [1.54, 1.807) is 31.2 Å². The Morgan fingerprint density at radius 2 is 1.56 bits per heavy atom. The maximum atomic E-state index is 13.1. The highest BCUT2D eigenvalue weighted by Gasteiger charge is 2.23. The molecule has 0 saturated carbocycles. The van der Waals surface area contributed by atoms with E-state index in [4.69, 9.17) is 0 Å². The third-order valence-electron chi connectivity index (χ3n) is 4.83. The average Bonchev–Trinajstić information content (AvgIpc) is 3.29. The van der Waals surface area contributed by atoms with Crippen LogP contribution in [-0.4, -0.2) is 25.9 Å². The Morgan fingerprint density at radius 1 is 0.938 bits per heavy atom. The number of anilines is 2. The molecular weight excluding hydrogens is 442 g/mol. The molecule has 0 aliphatic heterocycles.